The molecule has 3 aromatic rings. The molecule has 0 aliphatic carbocycles. The summed E-state index contributed by atoms with van der Waals surface area (Å²) in [5, 5.41) is 0. The van der Waals surface area contributed by atoms with Gasteiger partial charge < -0.3 is 14.2 Å². The Morgan fingerprint density at radius 3 is 2.39 bits per heavy atom. The predicted octanol–water partition coefficient (Wildman–Crippen LogP) is 5.02. The number of alkyl halides is 5. The van der Waals surface area contributed by atoms with Crippen molar-refractivity contribution in [1.82, 2.24) is 15.0 Å². The van der Waals surface area contributed by atoms with Crippen LogP contribution < -0.4 is 14.2 Å². The number of rotatable bonds is 6. The fraction of sp³-hybridized carbons (Fsp3) is 0.188. The minimum absolute atomic E-state index is 0.0417. The van der Waals surface area contributed by atoms with Gasteiger partial charge in [-0.3, -0.25) is 0 Å². The lowest BCUT2D eigenvalue weighted by Gasteiger charge is -2.09. The molecule has 12 heteroatoms. The molecule has 0 fully saturated rings. The molecule has 0 aliphatic heterocycles. The van der Waals surface area contributed by atoms with E-state index in [4.69, 9.17) is 9.47 Å². The number of hydrogen-bond donors (Lipinski definition) is 0. The highest BCUT2D eigenvalue weighted by molar-refractivity contribution is 7.15. The molecule has 0 aromatic carbocycles. The number of hydrogen-bond acceptors (Lipinski definition) is 7. The molecule has 3 rings (SSSR count). The van der Waals surface area contributed by atoms with Crippen LogP contribution in [0.1, 0.15) is 4.88 Å². The Morgan fingerprint density at radius 1 is 1.00 bits per heavy atom. The van der Waals surface area contributed by atoms with Crippen LogP contribution in [-0.2, 0) is 6.18 Å². The van der Waals surface area contributed by atoms with Crippen LogP contribution in [0.2, 0.25) is 0 Å². The van der Waals surface area contributed by atoms with E-state index >= 15 is 0 Å². The summed E-state index contributed by atoms with van der Waals surface area (Å²) >= 11 is 0.462. The van der Waals surface area contributed by atoms with Crippen molar-refractivity contribution in [3.8, 4) is 34.1 Å². The molecule has 0 aliphatic rings. The van der Waals surface area contributed by atoms with Gasteiger partial charge in [0, 0.05) is 12.3 Å². The van der Waals surface area contributed by atoms with Gasteiger partial charge in [-0.25, -0.2) is 4.98 Å². The van der Waals surface area contributed by atoms with E-state index in [2.05, 4.69) is 19.7 Å². The van der Waals surface area contributed by atoms with E-state index in [1.165, 1.54) is 31.5 Å². The van der Waals surface area contributed by atoms with Crippen LogP contribution in [0.5, 0.6) is 23.4 Å². The normalized spacial score (nSPS) is 11.5. The summed E-state index contributed by atoms with van der Waals surface area (Å²) in [5.74, 6) is -0.382. The van der Waals surface area contributed by atoms with Gasteiger partial charge in [-0.15, -0.1) is 11.3 Å². The van der Waals surface area contributed by atoms with Crippen LogP contribution in [0.15, 0.2) is 36.5 Å². The Hall–Kier alpha value is -3.02. The molecule has 0 bridgehead atoms. The third-order valence-electron chi connectivity index (χ3n) is 3.13. The lowest BCUT2D eigenvalue weighted by Crippen LogP contribution is -2.03. The van der Waals surface area contributed by atoms with Gasteiger partial charge in [-0.1, -0.05) is 0 Å². The molecule has 0 saturated carbocycles. The molecule has 0 saturated heterocycles. The first-order valence-electron chi connectivity index (χ1n) is 7.44. The summed E-state index contributed by atoms with van der Waals surface area (Å²) in [5.41, 5.74) is 0. The fourth-order valence-corrected chi connectivity index (χ4v) is 2.82. The van der Waals surface area contributed by atoms with E-state index in [-0.39, 0.29) is 34.1 Å². The van der Waals surface area contributed by atoms with Crippen molar-refractivity contribution in [3.63, 3.8) is 0 Å². The van der Waals surface area contributed by atoms with E-state index in [0.717, 1.165) is 12.1 Å². The maximum atomic E-state index is 12.8. The number of ether oxygens (including phenoxy) is 3. The first-order valence-corrected chi connectivity index (χ1v) is 8.25. The Bertz CT molecular complexity index is 965. The third-order valence-corrected chi connectivity index (χ3v) is 4.26. The molecule has 3 heterocycles. The zero-order valence-electron chi connectivity index (χ0n) is 13.9. The molecule has 148 valence electrons. The van der Waals surface area contributed by atoms with Gasteiger partial charge in [-0.2, -0.15) is 31.9 Å². The zero-order chi connectivity index (χ0) is 20.3. The van der Waals surface area contributed by atoms with E-state index in [1.54, 1.807) is 0 Å². The van der Waals surface area contributed by atoms with Crippen LogP contribution in [-0.4, -0.2) is 28.7 Å². The smallest absolute Gasteiger partial charge is 0.425 e. The van der Waals surface area contributed by atoms with Crippen molar-refractivity contribution < 1.29 is 36.2 Å². The summed E-state index contributed by atoms with van der Waals surface area (Å²) in [6, 6.07) is 5.90. The SMILES string of the molecule is COc1cc(Oc2ccnc(OC(F)F)c2)nc(-c2ccc(C(F)(F)F)s2)n1. The predicted molar refractivity (Wildman–Crippen MR) is 87.8 cm³/mol. The number of thiophene rings is 1. The first kappa shape index (κ1) is 19.7. The average Bonchev–Trinajstić information content (AvgIpc) is 3.12. The van der Waals surface area contributed by atoms with Crippen LogP contribution in [0, 0.1) is 0 Å². The van der Waals surface area contributed by atoms with Crippen molar-refractivity contribution >= 4 is 11.3 Å². The minimum atomic E-state index is -4.49. The van der Waals surface area contributed by atoms with Crippen LogP contribution in [0.25, 0.3) is 10.7 Å². The van der Waals surface area contributed by atoms with Gasteiger partial charge in [0.1, 0.15) is 10.6 Å². The standard InChI is InChI=1S/C16H10F5N3O3S/c1-25-12-7-13(26-8-4-5-22-11(6-8)27-15(17)18)24-14(23-12)9-2-3-10(28-9)16(19,20)21/h2-7,15H,1H3. The topological polar surface area (TPSA) is 66.4 Å². The number of nitrogens with zero attached hydrogens (tertiary/aromatic N) is 3. The number of pyridine rings is 1. The second-order valence-corrected chi connectivity index (χ2v) is 6.13. The summed E-state index contributed by atoms with van der Waals surface area (Å²) in [7, 11) is 1.31. The van der Waals surface area contributed by atoms with Gasteiger partial charge in [0.25, 0.3) is 0 Å². The van der Waals surface area contributed by atoms with Crippen molar-refractivity contribution in [2.24, 2.45) is 0 Å². The molecule has 0 unspecified atom stereocenters. The Balaban J connectivity index is 1.90. The summed E-state index contributed by atoms with van der Waals surface area (Å²) in [6.45, 7) is -3.06. The maximum Gasteiger partial charge on any atom is 0.425 e. The van der Waals surface area contributed by atoms with Crippen LogP contribution in [0.4, 0.5) is 22.0 Å². The fourth-order valence-electron chi connectivity index (χ4n) is 2.01. The molecule has 3 aromatic heterocycles. The number of aromatic nitrogens is 3. The Labute approximate surface area is 158 Å². The lowest BCUT2D eigenvalue weighted by atomic mass is 10.4. The third kappa shape index (κ3) is 4.82. The summed E-state index contributed by atoms with van der Waals surface area (Å²) in [4.78, 5) is 11.0. The molecule has 0 atom stereocenters. The second kappa shape index (κ2) is 7.92. The van der Waals surface area contributed by atoms with Crippen LogP contribution >= 0.6 is 11.3 Å². The lowest BCUT2D eigenvalue weighted by molar-refractivity contribution is -0.134. The molecule has 28 heavy (non-hydrogen) atoms. The second-order valence-electron chi connectivity index (χ2n) is 5.04. The Morgan fingerprint density at radius 2 is 1.75 bits per heavy atom. The highest BCUT2D eigenvalue weighted by Crippen LogP contribution is 2.38. The van der Waals surface area contributed by atoms with Gasteiger partial charge in [0.2, 0.25) is 17.6 Å². The van der Waals surface area contributed by atoms with Crippen molar-refractivity contribution in [1.29, 1.82) is 0 Å². The monoisotopic (exact) mass is 419 g/mol. The number of methoxy groups -OCH3 is 1. The molecule has 6 nitrogen and oxygen atoms in total. The van der Waals surface area contributed by atoms with Crippen molar-refractivity contribution in [2.45, 2.75) is 12.8 Å². The Kier molecular flexibility index (Phi) is 5.58. The molecule has 0 radical (unpaired) electrons. The zero-order valence-corrected chi connectivity index (χ0v) is 14.7. The van der Waals surface area contributed by atoms with Crippen molar-refractivity contribution in [3.05, 3.63) is 41.4 Å². The van der Waals surface area contributed by atoms with E-state index in [9.17, 15) is 22.0 Å². The summed E-state index contributed by atoms with van der Waals surface area (Å²) < 4.78 is 77.7. The molecular weight excluding hydrogens is 409 g/mol. The summed E-state index contributed by atoms with van der Waals surface area (Å²) in [6.07, 6.45) is -3.31. The number of halogens is 5. The molecule has 0 spiro atoms. The van der Waals surface area contributed by atoms with Crippen LogP contribution in [0.3, 0.4) is 0 Å². The quantitative estimate of drug-likeness (QED) is 0.523. The van der Waals surface area contributed by atoms with E-state index in [0.29, 0.717) is 11.3 Å². The van der Waals surface area contributed by atoms with Gasteiger partial charge in [-0.05, 0) is 18.2 Å². The average molecular weight is 419 g/mol. The molecular formula is C16H10F5N3O3S. The van der Waals surface area contributed by atoms with E-state index in [1.807, 2.05) is 0 Å². The maximum absolute atomic E-state index is 12.8. The first-order chi connectivity index (χ1) is 13.2. The largest absolute Gasteiger partial charge is 0.481 e. The van der Waals surface area contributed by atoms with E-state index < -0.39 is 17.7 Å². The van der Waals surface area contributed by atoms with Gasteiger partial charge in [0.15, 0.2) is 5.82 Å². The van der Waals surface area contributed by atoms with Gasteiger partial charge in [0.05, 0.1) is 18.1 Å². The highest BCUT2D eigenvalue weighted by atomic mass is 32.1. The molecule has 0 amide bonds. The highest BCUT2D eigenvalue weighted by Gasteiger charge is 2.32. The minimum Gasteiger partial charge on any atom is -0.481 e. The molecule has 0 N–H and O–H groups in total. The van der Waals surface area contributed by atoms with Crippen molar-refractivity contribution in [2.75, 3.05) is 7.11 Å². The van der Waals surface area contributed by atoms with Gasteiger partial charge >= 0.3 is 12.8 Å².